The Labute approximate surface area is 146 Å². The molecule has 7 heteroatoms. The van der Waals surface area contributed by atoms with Crippen molar-refractivity contribution in [1.82, 2.24) is 20.4 Å². The Kier molecular flexibility index (Phi) is 5.25. The number of rotatable bonds is 4. The minimum atomic E-state index is -0.491. The highest BCUT2D eigenvalue weighted by Crippen LogP contribution is 2.14. The Morgan fingerprint density at radius 2 is 1.76 bits per heavy atom. The van der Waals surface area contributed by atoms with Crippen molar-refractivity contribution in [2.45, 2.75) is 46.2 Å². The Hall–Kier alpha value is -2.70. The molecule has 0 aliphatic heterocycles. The van der Waals surface area contributed by atoms with E-state index in [1.165, 1.54) is 4.68 Å². The average molecular weight is 344 g/mol. The van der Waals surface area contributed by atoms with Gasteiger partial charge in [0.2, 0.25) is 5.91 Å². The molecule has 2 aromatic rings. The summed E-state index contributed by atoms with van der Waals surface area (Å²) in [6, 6.07) is 6.65. The van der Waals surface area contributed by atoms with Crippen LogP contribution in [0.1, 0.15) is 51.1 Å². The van der Waals surface area contributed by atoms with Crippen LogP contribution in [0, 0.1) is 0 Å². The largest absolute Gasteiger partial charge is 0.350 e. The first-order valence-electron chi connectivity index (χ1n) is 8.21. The van der Waals surface area contributed by atoms with Crippen LogP contribution in [0.2, 0.25) is 0 Å². The van der Waals surface area contributed by atoms with Crippen LogP contribution >= 0.6 is 0 Å². The van der Waals surface area contributed by atoms with Gasteiger partial charge < -0.3 is 10.6 Å². The van der Waals surface area contributed by atoms with Crippen molar-refractivity contribution in [1.29, 1.82) is 0 Å². The van der Waals surface area contributed by atoms with E-state index in [9.17, 15) is 14.4 Å². The number of amides is 2. The summed E-state index contributed by atoms with van der Waals surface area (Å²) in [5, 5.41) is 10.5. The molecule has 25 heavy (non-hydrogen) atoms. The van der Waals surface area contributed by atoms with Crippen molar-refractivity contribution in [2.75, 3.05) is 6.54 Å². The van der Waals surface area contributed by atoms with Crippen molar-refractivity contribution in [3.05, 3.63) is 40.3 Å². The van der Waals surface area contributed by atoms with E-state index >= 15 is 0 Å². The van der Waals surface area contributed by atoms with Crippen LogP contribution in [0.4, 0.5) is 0 Å². The molecular weight excluding hydrogens is 320 g/mol. The zero-order valence-corrected chi connectivity index (χ0v) is 15.2. The van der Waals surface area contributed by atoms with Crippen LogP contribution in [0.3, 0.4) is 0 Å². The molecular formula is C18H24N4O3. The lowest BCUT2D eigenvalue weighted by Crippen LogP contribution is -2.46. The standard InChI is InChI=1S/C18H24N4O3/c1-11(2)22-17(25)13-9-7-6-8-12(13)15(21-22)16(24)19-10-14(23)20-18(3,4)5/h6-9,11H,10H2,1-5H3,(H,19,24)(H,20,23). The Balaban J connectivity index is 2.33. The lowest BCUT2D eigenvalue weighted by molar-refractivity contribution is -0.121. The normalized spacial score (nSPS) is 11.6. The Bertz CT molecular complexity index is 863. The van der Waals surface area contributed by atoms with Crippen LogP contribution in [-0.4, -0.2) is 33.7 Å². The van der Waals surface area contributed by atoms with Crippen molar-refractivity contribution >= 4 is 22.6 Å². The lowest BCUT2D eigenvalue weighted by atomic mass is 10.1. The fourth-order valence-corrected chi connectivity index (χ4v) is 2.43. The highest BCUT2D eigenvalue weighted by atomic mass is 16.2. The number of hydrogen-bond donors (Lipinski definition) is 2. The van der Waals surface area contributed by atoms with Gasteiger partial charge in [0.1, 0.15) is 0 Å². The van der Waals surface area contributed by atoms with Crippen molar-refractivity contribution in [3.63, 3.8) is 0 Å². The highest BCUT2D eigenvalue weighted by Gasteiger charge is 2.19. The van der Waals surface area contributed by atoms with Gasteiger partial charge in [0.25, 0.3) is 11.5 Å². The third-order valence-electron chi connectivity index (χ3n) is 3.46. The van der Waals surface area contributed by atoms with Gasteiger partial charge in [-0.15, -0.1) is 0 Å². The molecule has 0 aliphatic carbocycles. The molecule has 1 aromatic carbocycles. The molecule has 0 fully saturated rings. The molecule has 134 valence electrons. The minimum Gasteiger partial charge on any atom is -0.350 e. The molecule has 1 aromatic heterocycles. The first-order chi connectivity index (χ1) is 11.6. The molecule has 0 aliphatic rings. The highest BCUT2D eigenvalue weighted by molar-refractivity contribution is 6.05. The average Bonchev–Trinajstić information content (AvgIpc) is 2.51. The summed E-state index contributed by atoms with van der Waals surface area (Å²) in [4.78, 5) is 36.9. The summed E-state index contributed by atoms with van der Waals surface area (Å²) < 4.78 is 1.28. The quantitative estimate of drug-likeness (QED) is 0.881. The van der Waals surface area contributed by atoms with Crippen molar-refractivity contribution in [2.24, 2.45) is 0 Å². The van der Waals surface area contributed by atoms with Crippen LogP contribution < -0.4 is 16.2 Å². The zero-order valence-electron chi connectivity index (χ0n) is 15.2. The number of carbonyl (C=O) groups excluding carboxylic acids is 2. The van der Waals surface area contributed by atoms with Gasteiger partial charge >= 0.3 is 0 Å². The van der Waals surface area contributed by atoms with E-state index in [0.29, 0.717) is 10.8 Å². The van der Waals surface area contributed by atoms with Crippen molar-refractivity contribution in [3.8, 4) is 0 Å². The second kappa shape index (κ2) is 7.04. The van der Waals surface area contributed by atoms with Crippen LogP contribution in [0.25, 0.3) is 10.8 Å². The molecule has 0 bridgehead atoms. The number of hydrogen-bond acceptors (Lipinski definition) is 4. The predicted molar refractivity (Wildman–Crippen MR) is 96.6 cm³/mol. The van der Waals surface area contributed by atoms with Gasteiger partial charge in [0, 0.05) is 10.9 Å². The Morgan fingerprint density at radius 3 is 2.32 bits per heavy atom. The first-order valence-corrected chi connectivity index (χ1v) is 8.21. The molecule has 1 heterocycles. The van der Waals surface area contributed by atoms with E-state index < -0.39 is 5.91 Å². The van der Waals surface area contributed by atoms with Gasteiger partial charge in [0.15, 0.2) is 5.69 Å². The summed E-state index contributed by atoms with van der Waals surface area (Å²) in [6.45, 7) is 9.07. The summed E-state index contributed by atoms with van der Waals surface area (Å²) in [6.07, 6.45) is 0. The fraction of sp³-hybridized carbons (Fsp3) is 0.444. The first kappa shape index (κ1) is 18.6. The van der Waals surface area contributed by atoms with Gasteiger partial charge in [-0.05, 0) is 40.7 Å². The predicted octanol–water partition coefficient (Wildman–Crippen LogP) is 1.62. The molecule has 0 atom stereocenters. The van der Waals surface area contributed by atoms with E-state index in [1.807, 2.05) is 34.6 Å². The lowest BCUT2D eigenvalue weighted by Gasteiger charge is -2.20. The monoisotopic (exact) mass is 344 g/mol. The zero-order chi connectivity index (χ0) is 18.8. The van der Waals surface area contributed by atoms with Gasteiger partial charge in [-0.1, -0.05) is 18.2 Å². The van der Waals surface area contributed by atoms with E-state index in [-0.39, 0.29) is 35.3 Å². The van der Waals surface area contributed by atoms with Crippen LogP contribution in [-0.2, 0) is 4.79 Å². The maximum Gasteiger partial charge on any atom is 0.274 e. The number of aromatic nitrogens is 2. The maximum absolute atomic E-state index is 12.5. The molecule has 2 N–H and O–H groups in total. The minimum absolute atomic E-state index is 0.132. The molecule has 0 radical (unpaired) electrons. The van der Waals surface area contributed by atoms with Gasteiger partial charge in [0.05, 0.1) is 18.0 Å². The second-order valence-electron chi connectivity index (χ2n) is 7.22. The molecule has 0 spiro atoms. The molecule has 2 amide bonds. The molecule has 0 unspecified atom stereocenters. The summed E-state index contributed by atoms with van der Waals surface area (Å²) in [5.41, 5.74) is -0.488. The molecule has 0 saturated carbocycles. The third-order valence-corrected chi connectivity index (χ3v) is 3.46. The van der Waals surface area contributed by atoms with Gasteiger partial charge in [-0.3, -0.25) is 14.4 Å². The molecule has 2 rings (SSSR count). The number of carbonyl (C=O) groups is 2. The van der Waals surface area contributed by atoms with Crippen LogP contribution in [0.5, 0.6) is 0 Å². The van der Waals surface area contributed by atoms with Crippen molar-refractivity contribution < 1.29 is 9.59 Å². The fourth-order valence-electron chi connectivity index (χ4n) is 2.43. The second-order valence-corrected chi connectivity index (χ2v) is 7.22. The Morgan fingerprint density at radius 1 is 1.16 bits per heavy atom. The van der Waals surface area contributed by atoms with E-state index in [4.69, 9.17) is 0 Å². The number of nitrogens with one attached hydrogen (secondary N) is 2. The van der Waals surface area contributed by atoms with Gasteiger partial charge in [-0.25, -0.2) is 4.68 Å². The third kappa shape index (κ3) is 4.43. The molecule has 0 saturated heterocycles. The number of fused-ring (bicyclic) bond motifs is 1. The van der Waals surface area contributed by atoms with Gasteiger partial charge in [-0.2, -0.15) is 5.10 Å². The SMILES string of the molecule is CC(C)n1nc(C(=O)NCC(=O)NC(C)(C)C)c2ccccc2c1=O. The summed E-state index contributed by atoms with van der Waals surface area (Å²) in [7, 11) is 0. The van der Waals surface area contributed by atoms with Crippen LogP contribution in [0.15, 0.2) is 29.1 Å². The smallest absolute Gasteiger partial charge is 0.274 e. The van der Waals surface area contributed by atoms with E-state index in [1.54, 1.807) is 24.3 Å². The van der Waals surface area contributed by atoms with E-state index in [0.717, 1.165) is 0 Å². The topological polar surface area (TPSA) is 93.1 Å². The summed E-state index contributed by atoms with van der Waals surface area (Å²) >= 11 is 0. The summed E-state index contributed by atoms with van der Waals surface area (Å²) in [5.74, 6) is -0.781. The van der Waals surface area contributed by atoms with E-state index in [2.05, 4.69) is 15.7 Å². The molecule has 7 nitrogen and oxygen atoms in total. The number of nitrogens with zero attached hydrogens (tertiary/aromatic N) is 2. The maximum atomic E-state index is 12.5. The number of benzene rings is 1.